The number of hydrogen-bond donors (Lipinski definition) is 3. The first-order chi connectivity index (χ1) is 23.3. The van der Waals surface area contributed by atoms with Gasteiger partial charge in [-0.05, 0) is 61.3 Å². The number of aliphatic hydroxyl groups excluding tert-OH is 3. The number of rotatable bonds is 14. The lowest BCUT2D eigenvalue weighted by Gasteiger charge is -2.41. The molecule has 5 rings (SSSR count). The number of nitrogens with zero attached hydrogens (tertiary/aromatic N) is 7. The van der Waals surface area contributed by atoms with Crippen LogP contribution in [0, 0.1) is 0 Å². The summed E-state index contributed by atoms with van der Waals surface area (Å²) in [5.41, 5.74) is 6.59. The van der Waals surface area contributed by atoms with Crippen molar-refractivity contribution < 1.29 is 20.1 Å². The van der Waals surface area contributed by atoms with E-state index < -0.39 is 12.5 Å². The van der Waals surface area contributed by atoms with E-state index in [4.69, 9.17) is 14.8 Å². The van der Waals surface area contributed by atoms with Gasteiger partial charge >= 0.3 is 0 Å². The zero-order valence-corrected chi connectivity index (χ0v) is 30.0. The van der Waals surface area contributed by atoms with E-state index in [-0.39, 0.29) is 11.7 Å². The van der Waals surface area contributed by atoms with Crippen LogP contribution >= 0.6 is 0 Å². The fourth-order valence-corrected chi connectivity index (χ4v) is 7.42. The maximum absolute atomic E-state index is 11.9. The molecule has 3 atom stereocenters. The molecule has 3 aliphatic heterocycles. The van der Waals surface area contributed by atoms with Crippen LogP contribution in [0.15, 0.2) is 45.9 Å². The number of allylic oxidation sites excluding steroid dienone is 2. The molecular formula is C37H57N7O4. The Balaban J connectivity index is 1.35. The summed E-state index contributed by atoms with van der Waals surface area (Å²) >= 11 is 0. The minimum Gasteiger partial charge on any atom is -0.504 e. The molecule has 11 nitrogen and oxygen atoms in total. The highest BCUT2D eigenvalue weighted by Crippen LogP contribution is 2.38. The van der Waals surface area contributed by atoms with Crippen molar-refractivity contribution in [3.8, 4) is 11.4 Å². The first-order valence-electron chi connectivity index (χ1n) is 18.1. The summed E-state index contributed by atoms with van der Waals surface area (Å²) in [6.45, 7) is 16.0. The van der Waals surface area contributed by atoms with Crippen molar-refractivity contribution in [3.05, 3.63) is 57.9 Å². The average Bonchev–Trinajstić information content (AvgIpc) is 3.74. The molecule has 1 aromatic carbocycles. The molecule has 1 fully saturated rings. The molecule has 0 saturated carbocycles. The van der Waals surface area contributed by atoms with Gasteiger partial charge < -0.3 is 29.9 Å². The summed E-state index contributed by atoms with van der Waals surface area (Å²) in [5, 5.41) is 40.0. The maximum atomic E-state index is 11.9. The molecule has 11 heteroatoms. The third-order valence-electron chi connectivity index (χ3n) is 10.0. The fourth-order valence-electron chi connectivity index (χ4n) is 7.42. The Labute approximate surface area is 286 Å². The molecule has 48 heavy (non-hydrogen) atoms. The van der Waals surface area contributed by atoms with Crippen molar-refractivity contribution >= 4 is 5.71 Å². The van der Waals surface area contributed by atoms with E-state index in [0.717, 1.165) is 86.4 Å². The zero-order valence-electron chi connectivity index (χ0n) is 30.0. The lowest BCUT2D eigenvalue weighted by atomic mass is 9.97. The summed E-state index contributed by atoms with van der Waals surface area (Å²) in [6.07, 6.45) is 4.31. The van der Waals surface area contributed by atoms with Crippen molar-refractivity contribution in [3.63, 3.8) is 0 Å². The van der Waals surface area contributed by atoms with Crippen LogP contribution in [-0.4, -0.2) is 103 Å². The minimum absolute atomic E-state index is 0.0918. The van der Waals surface area contributed by atoms with E-state index in [1.165, 1.54) is 11.1 Å². The Kier molecular flexibility index (Phi) is 12.3. The molecule has 4 heterocycles. The molecule has 3 aliphatic rings. The van der Waals surface area contributed by atoms with Gasteiger partial charge in [0.25, 0.3) is 0 Å². The predicted octanol–water partition coefficient (Wildman–Crippen LogP) is 5.73. The molecular weight excluding hydrogens is 606 g/mol. The molecule has 0 amide bonds. The summed E-state index contributed by atoms with van der Waals surface area (Å²) in [5.74, 6) is 1.60. The second kappa shape index (κ2) is 16.4. The van der Waals surface area contributed by atoms with Crippen molar-refractivity contribution in [2.75, 3.05) is 46.3 Å². The van der Waals surface area contributed by atoms with Crippen LogP contribution in [0.3, 0.4) is 0 Å². The molecule has 1 saturated heterocycles. The smallest absolute Gasteiger partial charge is 0.190 e. The van der Waals surface area contributed by atoms with Crippen LogP contribution in [0.4, 0.5) is 0 Å². The highest BCUT2D eigenvalue weighted by atomic mass is 16.5. The number of aromatic nitrogens is 3. The number of aliphatic imine (C=N–C) groups is 1. The Morgan fingerprint density at radius 2 is 1.75 bits per heavy atom. The second-order valence-electron chi connectivity index (χ2n) is 13.4. The van der Waals surface area contributed by atoms with Gasteiger partial charge in [0.1, 0.15) is 11.5 Å². The average molecular weight is 664 g/mol. The molecule has 1 aromatic heterocycles. The van der Waals surface area contributed by atoms with Crippen molar-refractivity contribution in [2.24, 2.45) is 4.99 Å². The normalized spacial score (nSPS) is 21.6. The van der Waals surface area contributed by atoms with Gasteiger partial charge in [0.05, 0.1) is 24.6 Å². The van der Waals surface area contributed by atoms with E-state index in [1.807, 2.05) is 11.0 Å². The van der Waals surface area contributed by atoms with Crippen molar-refractivity contribution in [1.29, 1.82) is 0 Å². The third kappa shape index (κ3) is 7.49. The standard InChI is InChI=1S/C37H57N7O4/c1-7-11-12-30(41(15-8-2)16-9-3)33(45)31(38-6)36(46)43-19-17-42(18-20-43)32-26(10-4)21-25(5)35-39-34(40-44(35)37(32)47)27-13-14-28-23-48-24-29(28)22-27/h13-14,22,25,36-37,45-47H,7-12,15-21,23-24H2,1-6H3/b33-30-,38-31?. The lowest BCUT2D eigenvalue weighted by Crippen LogP contribution is -2.53. The maximum Gasteiger partial charge on any atom is 0.190 e. The topological polar surface area (TPSA) is 123 Å². The van der Waals surface area contributed by atoms with Crippen LogP contribution in [0.5, 0.6) is 0 Å². The molecule has 0 bridgehead atoms. The first kappa shape index (κ1) is 36.0. The monoisotopic (exact) mass is 663 g/mol. The second-order valence-corrected chi connectivity index (χ2v) is 13.4. The third-order valence-corrected chi connectivity index (χ3v) is 10.0. The van der Waals surface area contributed by atoms with E-state index in [0.29, 0.717) is 50.9 Å². The Hall–Kier alpha value is -3.25. The summed E-state index contributed by atoms with van der Waals surface area (Å²) in [7, 11) is 1.65. The van der Waals surface area contributed by atoms with Gasteiger partial charge in [-0.2, -0.15) is 0 Å². The number of benzene rings is 1. The van der Waals surface area contributed by atoms with Crippen LogP contribution in [0.1, 0.15) is 109 Å². The number of hydrogen-bond acceptors (Lipinski definition) is 10. The van der Waals surface area contributed by atoms with Crippen molar-refractivity contribution in [1.82, 2.24) is 29.5 Å². The van der Waals surface area contributed by atoms with Gasteiger partial charge in [0, 0.05) is 57.8 Å². The summed E-state index contributed by atoms with van der Waals surface area (Å²) in [6, 6.07) is 6.23. The largest absolute Gasteiger partial charge is 0.504 e. The Bertz CT molecular complexity index is 1480. The fraction of sp³-hybridized carbons (Fsp3) is 0.649. The number of fused-ring (bicyclic) bond motifs is 2. The highest BCUT2D eigenvalue weighted by molar-refractivity contribution is 6.01. The van der Waals surface area contributed by atoms with Gasteiger partial charge in [-0.3, -0.25) is 9.89 Å². The van der Waals surface area contributed by atoms with E-state index >= 15 is 0 Å². The highest BCUT2D eigenvalue weighted by Gasteiger charge is 2.36. The molecule has 0 radical (unpaired) electrons. The molecule has 0 aliphatic carbocycles. The van der Waals surface area contributed by atoms with Crippen LogP contribution in [-0.2, 0) is 18.0 Å². The van der Waals surface area contributed by atoms with Gasteiger partial charge in [-0.1, -0.05) is 53.2 Å². The van der Waals surface area contributed by atoms with Gasteiger partial charge in [0.15, 0.2) is 24.0 Å². The van der Waals surface area contributed by atoms with E-state index in [9.17, 15) is 15.3 Å². The number of aliphatic hydroxyl groups is 3. The lowest BCUT2D eigenvalue weighted by molar-refractivity contribution is 0.0103. The van der Waals surface area contributed by atoms with Crippen LogP contribution in [0.25, 0.3) is 11.4 Å². The molecule has 2 aromatic rings. The quantitative estimate of drug-likeness (QED) is 0.172. The zero-order chi connectivity index (χ0) is 34.4. The number of piperazine rings is 1. The van der Waals surface area contributed by atoms with Crippen molar-refractivity contribution in [2.45, 2.75) is 111 Å². The van der Waals surface area contributed by atoms with Crippen LogP contribution in [0.2, 0.25) is 0 Å². The van der Waals surface area contributed by atoms with Crippen LogP contribution < -0.4 is 0 Å². The summed E-state index contributed by atoms with van der Waals surface area (Å²) in [4.78, 5) is 15.9. The molecule has 264 valence electrons. The minimum atomic E-state index is -1.03. The van der Waals surface area contributed by atoms with Gasteiger partial charge in [0.2, 0.25) is 0 Å². The number of unbranched alkanes of at least 4 members (excludes halogenated alkanes) is 1. The predicted molar refractivity (Wildman–Crippen MR) is 189 cm³/mol. The SMILES string of the molecule is CCCC/C(=C(/O)C(=NC)C(O)N1CCN(C2=C(CC)CC(C)c3nc(-c4ccc5c(c4)COC5)nn3C2O)CC1)N(CCC)CCC. The Morgan fingerprint density at radius 3 is 2.40 bits per heavy atom. The number of ether oxygens (including phenoxy) is 1. The Morgan fingerprint density at radius 1 is 1.04 bits per heavy atom. The van der Waals surface area contributed by atoms with Gasteiger partial charge in [-0.25, -0.2) is 9.67 Å². The molecule has 0 spiro atoms. The molecule has 3 N–H and O–H groups in total. The van der Waals surface area contributed by atoms with E-state index in [2.05, 4.69) is 61.5 Å². The van der Waals surface area contributed by atoms with E-state index in [1.54, 1.807) is 11.7 Å². The first-order valence-corrected chi connectivity index (χ1v) is 18.1. The summed E-state index contributed by atoms with van der Waals surface area (Å²) < 4.78 is 7.32. The van der Waals surface area contributed by atoms with Gasteiger partial charge in [-0.15, -0.1) is 5.10 Å². The molecule has 3 unspecified atom stereocenters.